The third-order valence-corrected chi connectivity index (χ3v) is 3.23. The Kier molecular flexibility index (Phi) is 6.49. The Labute approximate surface area is 122 Å². The van der Waals surface area contributed by atoms with Gasteiger partial charge in [0.1, 0.15) is 5.82 Å². The number of rotatable bonds is 7. The zero-order valence-corrected chi connectivity index (χ0v) is 13.3. The van der Waals surface area contributed by atoms with Crippen LogP contribution in [0.1, 0.15) is 50.4 Å². The summed E-state index contributed by atoms with van der Waals surface area (Å²) in [6, 6.07) is 4.09. The molecule has 0 fully saturated rings. The molecule has 0 bridgehead atoms. The molecule has 0 aliphatic rings. The monoisotopic (exact) mass is 277 g/mol. The lowest BCUT2D eigenvalue weighted by Gasteiger charge is -2.15. The molecule has 1 amide bonds. The van der Waals surface area contributed by atoms with Gasteiger partial charge >= 0.3 is 0 Å². The molecular weight excluding hydrogens is 250 g/mol. The zero-order chi connectivity index (χ0) is 15.1. The van der Waals surface area contributed by atoms with Gasteiger partial charge in [0.15, 0.2) is 0 Å². The highest BCUT2D eigenvalue weighted by Gasteiger charge is 2.09. The average Bonchev–Trinajstić information content (AvgIpc) is 2.38. The van der Waals surface area contributed by atoms with E-state index in [9.17, 15) is 4.79 Å². The van der Waals surface area contributed by atoms with Crippen LogP contribution >= 0.6 is 0 Å². The zero-order valence-electron chi connectivity index (χ0n) is 13.3. The number of nitrogens with zero attached hydrogens (tertiary/aromatic N) is 2. The number of hydrogen-bond acceptors (Lipinski definition) is 3. The van der Waals surface area contributed by atoms with E-state index < -0.39 is 0 Å². The van der Waals surface area contributed by atoms with Gasteiger partial charge in [0.2, 0.25) is 0 Å². The molecule has 0 aliphatic heterocycles. The summed E-state index contributed by atoms with van der Waals surface area (Å²) in [5.74, 6) is 1.57. The van der Waals surface area contributed by atoms with Crippen molar-refractivity contribution in [2.45, 2.75) is 46.1 Å². The Morgan fingerprint density at radius 2 is 1.95 bits per heavy atom. The fraction of sp³-hybridized carbons (Fsp3) is 0.625. The van der Waals surface area contributed by atoms with Crippen LogP contribution in [0.25, 0.3) is 0 Å². The summed E-state index contributed by atoms with van der Waals surface area (Å²) in [5, 5.41) is 3.37. The van der Waals surface area contributed by atoms with Crippen LogP contribution in [0.3, 0.4) is 0 Å². The molecule has 0 saturated heterocycles. The van der Waals surface area contributed by atoms with Crippen molar-refractivity contribution in [2.75, 3.05) is 19.4 Å². The van der Waals surface area contributed by atoms with E-state index in [0.29, 0.717) is 11.6 Å². The number of amides is 1. The molecule has 1 aromatic heterocycles. The smallest absolute Gasteiger partial charge is 0.254 e. The fourth-order valence-electron chi connectivity index (χ4n) is 2.02. The molecule has 0 radical (unpaired) electrons. The summed E-state index contributed by atoms with van der Waals surface area (Å²) in [5.41, 5.74) is 0.619. The van der Waals surface area contributed by atoms with Crippen LogP contribution in [0.4, 0.5) is 5.82 Å². The van der Waals surface area contributed by atoms with Crippen LogP contribution in [0.5, 0.6) is 0 Å². The molecule has 4 nitrogen and oxygen atoms in total. The molecule has 20 heavy (non-hydrogen) atoms. The number of hydrogen-bond donors (Lipinski definition) is 1. The number of carbonyl (C=O) groups excluding carboxylic acids is 1. The van der Waals surface area contributed by atoms with Crippen molar-refractivity contribution >= 4 is 11.7 Å². The average molecular weight is 277 g/mol. The predicted molar refractivity (Wildman–Crippen MR) is 84.0 cm³/mol. The van der Waals surface area contributed by atoms with E-state index in [-0.39, 0.29) is 5.91 Å². The van der Waals surface area contributed by atoms with Crippen molar-refractivity contribution in [3.05, 3.63) is 23.9 Å². The van der Waals surface area contributed by atoms with Gasteiger partial charge in [0.05, 0.1) is 5.56 Å². The van der Waals surface area contributed by atoms with Crippen LogP contribution in [-0.4, -0.2) is 35.9 Å². The van der Waals surface area contributed by atoms with Gasteiger partial charge in [-0.15, -0.1) is 0 Å². The van der Waals surface area contributed by atoms with Gasteiger partial charge in [0, 0.05) is 26.3 Å². The second-order valence-electron chi connectivity index (χ2n) is 6.00. The summed E-state index contributed by atoms with van der Waals surface area (Å²) in [6.45, 7) is 6.67. The normalized spacial score (nSPS) is 12.3. The van der Waals surface area contributed by atoms with Gasteiger partial charge in [-0.1, -0.05) is 26.7 Å². The highest BCUT2D eigenvalue weighted by Crippen LogP contribution is 2.12. The van der Waals surface area contributed by atoms with Crippen molar-refractivity contribution in [3.63, 3.8) is 0 Å². The predicted octanol–water partition coefficient (Wildman–Crippen LogP) is 3.41. The molecule has 0 saturated carbocycles. The lowest BCUT2D eigenvalue weighted by Crippen LogP contribution is -2.22. The third kappa shape index (κ3) is 5.59. The summed E-state index contributed by atoms with van der Waals surface area (Å²) < 4.78 is 0. The van der Waals surface area contributed by atoms with E-state index in [2.05, 4.69) is 31.1 Å². The van der Waals surface area contributed by atoms with Gasteiger partial charge < -0.3 is 10.2 Å². The van der Waals surface area contributed by atoms with Gasteiger partial charge in [-0.2, -0.15) is 0 Å². The first kappa shape index (κ1) is 16.5. The Balaban J connectivity index is 2.47. The molecule has 4 heteroatoms. The van der Waals surface area contributed by atoms with Crippen molar-refractivity contribution < 1.29 is 4.79 Å². The summed E-state index contributed by atoms with van der Waals surface area (Å²) in [4.78, 5) is 17.6. The fourth-order valence-corrected chi connectivity index (χ4v) is 2.02. The molecule has 0 aromatic carbocycles. The van der Waals surface area contributed by atoms with Crippen LogP contribution in [-0.2, 0) is 0 Å². The number of aromatic nitrogens is 1. The first-order chi connectivity index (χ1) is 9.40. The van der Waals surface area contributed by atoms with Crippen molar-refractivity contribution in [3.8, 4) is 0 Å². The largest absolute Gasteiger partial charge is 0.368 e. The number of pyridine rings is 1. The van der Waals surface area contributed by atoms with Crippen LogP contribution < -0.4 is 5.32 Å². The van der Waals surface area contributed by atoms with Crippen molar-refractivity contribution in [1.82, 2.24) is 9.88 Å². The Morgan fingerprint density at radius 3 is 2.45 bits per heavy atom. The minimum absolute atomic E-state index is 0.0194. The lowest BCUT2D eigenvalue weighted by atomic mass is 10.0. The maximum absolute atomic E-state index is 11.7. The second kappa shape index (κ2) is 7.88. The van der Waals surface area contributed by atoms with Crippen LogP contribution in [0.15, 0.2) is 18.3 Å². The van der Waals surface area contributed by atoms with E-state index in [0.717, 1.165) is 18.2 Å². The topological polar surface area (TPSA) is 45.2 Å². The van der Waals surface area contributed by atoms with Crippen molar-refractivity contribution in [2.24, 2.45) is 5.92 Å². The maximum Gasteiger partial charge on any atom is 0.254 e. The highest BCUT2D eigenvalue weighted by atomic mass is 16.2. The van der Waals surface area contributed by atoms with Gasteiger partial charge in [-0.05, 0) is 31.4 Å². The molecule has 1 N–H and O–H groups in total. The molecular formula is C16H27N3O. The van der Waals surface area contributed by atoms with E-state index in [1.807, 2.05) is 12.1 Å². The number of carbonyl (C=O) groups is 1. The van der Waals surface area contributed by atoms with Crippen molar-refractivity contribution in [1.29, 1.82) is 0 Å². The first-order valence-electron chi connectivity index (χ1n) is 7.34. The van der Waals surface area contributed by atoms with E-state index in [1.165, 1.54) is 12.8 Å². The molecule has 0 spiro atoms. The lowest BCUT2D eigenvalue weighted by molar-refractivity contribution is 0.0827. The van der Waals surface area contributed by atoms with Crippen LogP contribution in [0.2, 0.25) is 0 Å². The number of nitrogens with one attached hydrogen (secondary N) is 1. The second-order valence-corrected chi connectivity index (χ2v) is 6.00. The SMILES string of the molecule is CC(C)CCCC(C)Nc1ccc(C(=O)N(C)C)cn1. The highest BCUT2D eigenvalue weighted by molar-refractivity contribution is 5.93. The number of anilines is 1. The molecule has 1 rings (SSSR count). The summed E-state index contributed by atoms with van der Waals surface area (Å²) in [7, 11) is 3.48. The van der Waals surface area contributed by atoms with Gasteiger partial charge in [-0.3, -0.25) is 4.79 Å². The van der Waals surface area contributed by atoms with E-state index in [1.54, 1.807) is 25.2 Å². The van der Waals surface area contributed by atoms with Crippen LogP contribution in [0, 0.1) is 5.92 Å². The molecule has 1 aromatic rings. The summed E-state index contributed by atoms with van der Waals surface area (Å²) in [6.07, 6.45) is 5.25. The van der Waals surface area contributed by atoms with E-state index in [4.69, 9.17) is 0 Å². The minimum Gasteiger partial charge on any atom is -0.368 e. The maximum atomic E-state index is 11.7. The third-order valence-electron chi connectivity index (χ3n) is 3.23. The Hall–Kier alpha value is -1.58. The molecule has 1 atom stereocenters. The standard InChI is InChI=1S/C16H27N3O/c1-12(2)7-6-8-13(3)18-15-10-9-14(11-17-15)16(20)19(4)5/h9-13H,6-8H2,1-5H3,(H,17,18). The van der Waals surface area contributed by atoms with E-state index >= 15 is 0 Å². The molecule has 1 heterocycles. The quantitative estimate of drug-likeness (QED) is 0.830. The minimum atomic E-state index is -0.0194. The van der Waals surface area contributed by atoms with Gasteiger partial charge in [0.25, 0.3) is 5.91 Å². The Bertz CT molecular complexity index is 412. The molecule has 0 aliphatic carbocycles. The molecule has 112 valence electrons. The summed E-state index contributed by atoms with van der Waals surface area (Å²) >= 11 is 0. The Morgan fingerprint density at radius 1 is 1.25 bits per heavy atom. The molecule has 1 unspecified atom stereocenters. The van der Waals surface area contributed by atoms with Gasteiger partial charge in [-0.25, -0.2) is 4.98 Å². The first-order valence-corrected chi connectivity index (χ1v) is 7.34.